The maximum Gasteiger partial charge on any atom is 0.256 e. The number of rotatable bonds is 8. The van der Waals surface area contributed by atoms with E-state index in [0.717, 1.165) is 51.3 Å². The van der Waals surface area contributed by atoms with Gasteiger partial charge in [0, 0.05) is 56.3 Å². The Labute approximate surface area is 204 Å². The molecule has 0 bridgehead atoms. The summed E-state index contributed by atoms with van der Waals surface area (Å²) in [6, 6.07) is 6.96. The fraction of sp³-hybridized carbons (Fsp3) is 0.481. The Hall–Kier alpha value is -3.13. The smallest absolute Gasteiger partial charge is 0.256 e. The molecule has 0 radical (unpaired) electrons. The van der Waals surface area contributed by atoms with Crippen LogP contribution in [-0.2, 0) is 6.42 Å². The molecule has 3 aromatic rings. The lowest BCUT2D eigenvalue weighted by Gasteiger charge is -2.35. The Morgan fingerprint density at radius 2 is 2.00 bits per heavy atom. The molecule has 1 aliphatic carbocycles. The second-order valence-corrected chi connectivity index (χ2v) is 9.74. The van der Waals surface area contributed by atoms with Crippen molar-refractivity contribution in [2.24, 2.45) is 0 Å². The van der Waals surface area contributed by atoms with Crippen molar-refractivity contribution in [2.45, 2.75) is 51.6 Å². The zero-order valence-corrected chi connectivity index (χ0v) is 20.4. The van der Waals surface area contributed by atoms with Crippen LogP contribution in [0.15, 0.2) is 45.9 Å². The van der Waals surface area contributed by atoms with Gasteiger partial charge in [-0.2, -0.15) is 0 Å². The molecular weight excluding hydrogens is 447 g/mol. The molecule has 1 amide bonds. The van der Waals surface area contributed by atoms with Gasteiger partial charge in [0.05, 0.1) is 17.5 Å². The molecule has 1 aromatic carbocycles. The number of furan rings is 1. The Morgan fingerprint density at radius 3 is 2.66 bits per heavy atom. The van der Waals surface area contributed by atoms with E-state index in [2.05, 4.69) is 22.0 Å². The first-order chi connectivity index (χ1) is 16.9. The lowest BCUT2D eigenvalue weighted by molar-refractivity contribution is 0.0936. The number of aryl methyl sites for hydroxylation is 1. The van der Waals surface area contributed by atoms with E-state index in [4.69, 9.17) is 4.42 Å². The number of carbonyl (C=O) groups excluding carboxylic acids is 1. The number of halogens is 1. The fourth-order valence-corrected chi connectivity index (χ4v) is 4.91. The van der Waals surface area contributed by atoms with Gasteiger partial charge in [-0.3, -0.25) is 9.59 Å². The van der Waals surface area contributed by atoms with Crippen LogP contribution in [0, 0.1) is 5.82 Å². The van der Waals surface area contributed by atoms with Crippen molar-refractivity contribution in [3.05, 3.63) is 64.1 Å². The lowest BCUT2D eigenvalue weighted by atomic mass is 10.1. The van der Waals surface area contributed by atoms with Gasteiger partial charge in [-0.05, 0) is 57.0 Å². The lowest BCUT2D eigenvalue weighted by Crippen LogP contribution is -2.46. The van der Waals surface area contributed by atoms with Gasteiger partial charge in [0.2, 0.25) is 5.43 Å². The zero-order valence-electron chi connectivity index (χ0n) is 20.4. The van der Waals surface area contributed by atoms with Gasteiger partial charge in [-0.25, -0.2) is 4.39 Å². The van der Waals surface area contributed by atoms with Crippen LogP contribution in [0.2, 0.25) is 0 Å². The predicted molar refractivity (Wildman–Crippen MR) is 135 cm³/mol. The first-order valence-corrected chi connectivity index (χ1v) is 12.6. The number of carbonyl (C=O) groups is 1. The average Bonchev–Trinajstić information content (AvgIpc) is 3.57. The van der Waals surface area contributed by atoms with Crippen molar-refractivity contribution in [3.63, 3.8) is 0 Å². The molecule has 1 saturated heterocycles. The number of fused-ring (bicyclic) bond motifs is 1. The summed E-state index contributed by atoms with van der Waals surface area (Å²) in [5.41, 5.74) is 0.881. The van der Waals surface area contributed by atoms with Crippen molar-refractivity contribution in [3.8, 4) is 0 Å². The quantitative estimate of drug-likeness (QED) is 0.529. The number of likely N-dealkylation sites (N-methyl/N-ethyl adjacent to an activating group) is 1. The highest BCUT2D eigenvalue weighted by Gasteiger charge is 2.29. The molecule has 1 saturated carbocycles. The van der Waals surface area contributed by atoms with E-state index >= 15 is 4.39 Å². The van der Waals surface area contributed by atoms with Gasteiger partial charge in [0.1, 0.15) is 17.1 Å². The standard InChI is InChI=1S/C27H33FN4O3/c1-3-30-10-12-31(13-11-30)25-16-24-21(15-23(25)28)26(33)22(17-32(24)19-7-8-19)27(34)29-18(2)6-9-20-5-4-14-35-20/h4-5,14-19H,3,6-13H2,1-2H3,(H,29,34)/t18-/m1/s1. The van der Waals surface area contributed by atoms with Gasteiger partial charge in [-0.1, -0.05) is 6.92 Å². The Morgan fingerprint density at radius 1 is 1.23 bits per heavy atom. The third-order valence-electron chi connectivity index (χ3n) is 7.23. The van der Waals surface area contributed by atoms with Crippen LogP contribution in [0.3, 0.4) is 0 Å². The van der Waals surface area contributed by atoms with Crippen molar-refractivity contribution in [1.29, 1.82) is 0 Å². The number of benzene rings is 1. The summed E-state index contributed by atoms with van der Waals surface area (Å²) in [7, 11) is 0. The maximum absolute atomic E-state index is 15.3. The molecule has 1 aliphatic heterocycles. The monoisotopic (exact) mass is 480 g/mol. The second-order valence-electron chi connectivity index (χ2n) is 9.74. The molecule has 2 aliphatic rings. The van der Waals surface area contributed by atoms with Crippen LogP contribution in [0.5, 0.6) is 0 Å². The second kappa shape index (κ2) is 9.85. The van der Waals surface area contributed by atoms with Crippen molar-refractivity contribution >= 4 is 22.5 Å². The number of nitrogens with one attached hydrogen (secondary N) is 1. The molecule has 7 nitrogen and oxygen atoms in total. The summed E-state index contributed by atoms with van der Waals surface area (Å²) in [4.78, 5) is 30.8. The Balaban J connectivity index is 1.42. The van der Waals surface area contributed by atoms with Crippen LogP contribution >= 0.6 is 0 Å². The zero-order chi connectivity index (χ0) is 24.5. The van der Waals surface area contributed by atoms with E-state index in [9.17, 15) is 9.59 Å². The normalized spacial score (nSPS) is 17.6. The number of aromatic nitrogens is 1. The van der Waals surface area contributed by atoms with Crippen molar-refractivity contribution < 1.29 is 13.6 Å². The van der Waals surface area contributed by atoms with E-state index < -0.39 is 17.2 Å². The topological polar surface area (TPSA) is 70.7 Å². The number of amides is 1. The van der Waals surface area contributed by atoms with Gasteiger partial charge < -0.3 is 24.1 Å². The number of hydrogen-bond donors (Lipinski definition) is 1. The summed E-state index contributed by atoms with van der Waals surface area (Å²) in [6.45, 7) is 8.31. The Kier molecular flexibility index (Phi) is 6.65. The van der Waals surface area contributed by atoms with Crippen molar-refractivity contribution in [2.75, 3.05) is 37.6 Å². The highest BCUT2D eigenvalue weighted by atomic mass is 19.1. The third-order valence-corrected chi connectivity index (χ3v) is 7.23. The van der Waals surface area contributed by atoms with E-state index in [1.54, 1.807) is 18.5 Å². The third kappa shape index (κ3) is 4.98. The van der Waals surface area contributed by atoms with Crippen molar-refractivity contribution in [1.82, 2.24) is 14.8 Å². The molecule has 5 rings (SSSR count). The molecule has 1 atom stereocenters. The molecule has 35 heavy (non-hydrogen) atoms. The Bertz CT molecular complexity index is 1260. The van der Waals surface area contributed by atoms with Gasteiger partial charge >= 0.3 is 0 Å². The average molecular weight is 481 g/mol. The molecule has 1 N–H and O–H groups in total. The molecule has 2 fully saturated rings. The largest absolute Gasteiger partial charge is 0.469 e. The van der Waals surface area contributed by atoms with E-state index in [0.29, 0.717) is 24.0 Å². The summed E-state index contributed by atoms with van der Waals surface area (Å²) >= 11 is 0. The molecule has 0 spiro atoms. The van der Waals surface area contributed by atoms with E-state index in [1.165, 1.54) is 6.07 Å². The summed E-state index contributed by atoms with van der Waals surface area (Å²) in [6.07, 6.45) is 6.66. The fourth-order valence-electron chi connectivity index (χ4n) is 4.91. The number of anilines is 1. The molecule has 8 heteroatoms. The molecule has 0 unspecified atom stereocenters. The van der Waals surface area contributed by atoms with Crippen LogP contribution in [0.25, 0.3) is 10.9 Å². The SMILES string of the molecule is CCN1CCN(c2cc3c(cc2F)c(=O)c(C(=O)N[C@H](C)CCc2ccco2)cn3C2CC2)CC1. The summed E-state index contributed by atoms with van der Waals surface area (Å²) in [5, 5.41) is 3.20. The first kappa shape index (κ1) is 23.6. The highest BCUT2D eigenvalue weighted by molar-refractivity contribution is 5.98. The number of hydrogen-bond acceptors (Lipinski definition) is 5. The maximum atomic E-state index is 15.3. The van der Waals surface area contributed by atoms with Crippen LogP contribution < -0.4 is 15.6 Å². The van der Waals surface area contributed by atoms with Gasteiger partial charge in [-0.15, -0.1) is 0 Å². The molecule has 186 valence electrons. The summed E-state index contributed by atoms with van der Waals surface area (Å²) in [5.74, 6) is 0.0277. The number of piperazine rings is 1. The van der Waals surface area contributed by atoms with E-state index in [1.807, 2.05) is 23.6 Å². The number of nitrogens with zero attached hydrogens (tertiary/aromatic N) is 3. The van der Waals surface area contributed by atoms with E-state index in [-0.39, 0.29) is 23.0 Å². The predicted octanol–water partition coefficient (Wildman–Crippen LogP) is 3.96. The van der Waals surface area contributed by atoms with Crippen LogP contribution in [-0.4, -0.2) is 54.1 Å². The first-order valence-electron chi connectivity index (χ1n) is 12.6. The minimum Gasteiger partial charge on any atom is -0.469 e. The molecule has 3 heterocycles. The van der Waals surface area contributed by atoms with Crippen LogP contribution in [0.1, 0.15) is 55.3 Å². The minimum atomic E-state index is -0.422. The minimum absolute atomic E-state index is 0.0676. The highest BCUT2D eigenvalue weighted by Crippen LogP contribution is 2.38. The van der Waals surface area contributed by atoms with Gasteiger partial charge in [0.15, 0.2) is 0 Å². The molecular formula is C27H33FN4O3. The van der Waals surface area contributed by atoms with Gasteiger partial charge in [0.25, 0.3) is 5.91 Å². The van der Waals surface area contributed by atoms with Crippen LogP contribution in [0.4, 0.5) is 10.1 Å². The molecule has 2 aromatic heterocycles. The summed E-state index contributed by atoms with van der Waals surface area (Å²) < 4.78 is 22.6. The number of pyridine rings is 1.